The molecule has 0 saturated heterocycles. The van der Waals surface area contributed by atoms with Crippen molar-refractivity contribution in [3.8, 4) is 5.75 Å². The van der Waals surface area contributed by atoms with E-state index in [0.29, 0.717) is 28.4 Å². The number of halogens is 1. The molecule has 0 radical (unpaired) electrons. The molecule has 2 aromatic rings. The van der Waals surface area contributed by atoms with Crippen LogP contribution in [0.5, 0.6) is 5.75 Å². The lowest BCUT2D eigenvalue weighted by Crippen LogP contribution is -2.37. The van der Waals surface area contributed by atoms with Crippen LogP contribution in [0.2, 0.25) is 5.02 Å². The van der Waals surface area contributed by atoms with Gasteiger partial charge in [-0.15, -0.1) is 0 Å². The van der Waals surface area contributed by atoms with Crippen molar-refractivity contribution >= 4 is 30.3 Å². The highest BCUT2D eigenvalue weighted by molar-refractivity contribution is 6.32. The number of nitrogens with one attached hydrogen (secondary N) is 1. The van der Waals surface area contributed by atoms with E-state index >= 15 is 0 Å². The third-order valence-electron chi connectivity index (χ3n) is 4.09. The first kappa shape index (κ1) is 18.9. The first-order valence-electron chi connectivity index (χ1n) is 8.00. The minimum Gasteiger partial charge on any atom is -0.494 e. The largest absolute Gasteiger partial charge is 0.494 e. The zero-order valence-corrected chi connectivity index (χ0v) is 15.6. The van der Waals surface area contributed by atoms with Gasteiger partial charge in [0.2, 0.25) is 0 Å². The molecule has 2 aromatic carbocycles. The van der Waals surface area contributed by atoms with Crippen molar-refractivity contribution in [1.82, 2.24) is 5.32 Å². The summed E-state index contributed by atoms with van der Waals surface area (Å²) in [7, 11) is 1.57. The van der Waals surface area contributed by atoms with Crippen LogP contribution in [0.3, 0.4) is 0 Å². The van der Waals surface area contributed by atoms with Crippen molar-refractivity contribution in [2.24, 2.45) is 10.7 Å². The Morgan fingerprint density at radius 3 is 2.56 bits per heavy atom. The zero-order valence-electron chi connectivity index (χ0n) is 14.8. The Balaban J connectivity index is 2.48. The Morgan fingerprint density at radius 2 is 1.96 bits per heavy atom. The second-order valence-corrected chi connectivity index (χ2v) is 6.75. The average Bonchev–Trinajstić information content (AvgIpc) is 2.61. The van der Waals surface area contributed by atoms with Gasteiger partial charge in [0.1, 0.15) is 11.6 Å². The van der Waals surface area contributed by atoms with Crippen LogP contribution in [0.15, 0.2) is 47.5 Å². The van der Waals surface area contributed by atoms with E-state index in [1.165, 1.54) is 11.9 Å². The van der Waals surface area contributed by atoms with Gasteiger partial charge in [-0.25, -0.2) is 4.99 Å². The molecule has 132 valence electrons. The van der Waals surface area contributed by atoms with Crippen LogP contribution in [0.1, 0.15) is 19.4 Å². The van der Waals surface area contributed by atoms with Gasteiger partial charge in [-0.05, 0) is 16.8 Å². The molecule has 0 fully saturated rings. The van der Waals surface area contributed by atoms with Gasteiger partial charge in [-0.1, -0.05) is 68.4 Å². The number of methoxy groups -OCH3 is 1. The summed E-state index contributed by atoms with van der Waals surface area (Å²) >= 11 is 6.25. The summed E-state index contributed by atoms with van der Waals surface area (Å²) in [6.07, 6.45) is 1.25. The fourth-order valence-corrected chi connectivity index (χ4v) is 2.86. The normalized spacial score (nSPS) is 13.0. The van der Waals surface area contributed by atoms with Crippen LogP contribution < -0.4 is 26.2 Å². The monoisotopic (exact) mass is 357 g/mol. The molecule has 0 unspecified atom stereocenters. The predicted octanol–water partition coefficient (Wildman–Crippen LogP) is 2.38. The summed E-state index contributed by atoms with van der Waals surface area (Å²) in [6, 6.07) is 13.9. The van der Waals surface area contributed by atoms with E-state index in [1.54, 1.807) is 13.2 Å². The fourth-order valence-electron chi connectivity index (χ4n) is 2.63. The quantitative estimate of drug-likeness (QED) is 0.616. The third kappa shape index (κ3) is 4.34. The molecule has 0 spiro atoms. The lowest BCUT2D eigenvalue weighted by molar-refractivity contribution is 0.410. The van der Waals surface area contributed by atoms with E-state index in [-0.39, 0.29) is 5.41 Å². The second kappa shape index (κ2) is 8.08. The number of ether oxygens (including phenoxy) is 1. The SMILES string of the molecule is C=c1ccc(Cl)c(OC)/c1=C(/N=CN)NCC(C)(C)c1ccccc1. The molecule has 0 saturated carbocycles. The molecule has 0 bridgehead atoms. The lowest BCUT2D eigenvalue weighted by Gasteiger charge is -2.26. The second-order valence-electron chi connectivity index (χ2n) is 6.34. The Bertz CT molecular complexity index is 861. The van der Waals surface area contributed by atoms with Crippen molar-refractivity contribution in [1.29, 1.82) is 0 Å². The van der Waals surface area contributed by atoms with Crippen LogP contribution >= 0.6 is 11.6 Å². The highest BCUT2D eigenvalue weighted by atomic mass is 35.5. The van der Waals surface area contributed by atoms with Gasteiger partial charge in [-0.3, -0.25) is 0 Å². The number of hydrogen-bond acceptors (Lipinski definition) is 3. The number of rotatable bonds is 6. The number of hydrogen-bond donors (Lipinski definition) is 2. The molecule has 0 heterocycles. The molecule has 0 aliphatic carbocycles. The highest BCUT2D eigenvalue weighted by Crippen LogP contribution is 2.22. The summed E-state index contributed by atoms with van der Waals surface area (Å²) in [5.41, 5.74) is 6.67. The summed E-state index contributed by atoms with van der Waals surface area (Å²) in [4.78, 5) is 4.28. The minimum atomic E-state index is -0.107. The number of nitrogens with zero attached hydrogens (tertiary/aromatic N) is 1. The van der Waals surface area contributed by atoms with E-state index < -0.39 is 0 Å². The van der Waals surface area contributed by atoms with Crippen LogP contribution in [-0.4, -0.2) is 20.0 Å². The smallest absolute Gasteiger partial charge is 0.148 e. The molecule has 0 aromatic heterocycles. The van der Waals surface area contributed by atoms with Gasteiger partial charge in [0.15, 0.2) is 0 Å². The van der Waals surface area contributed by atoms with E-state index in [9.17, 15) is 0 Å². The van der Waals surface area contributed by atoms with Crippen molar-refractivity contribution in [2.75, 3.05) is 13.7 Å². The molecule has 4 nitrogen and oxygen atoms in total. The zero-order chi connectivity index (χ0) is 18.4. The topological polar surface area (TPSA) is 59.6 Å². The number of nitrogens with two attached hydrogens (primary N) is 1. The van der Waals surface area contributed by atoms with Crippen molar-refractivity contribution in [3.63, 3.8) is 0 Å². The first-order valence-corrected chi connectivity index (χ1v) is 8.38. The van der Waals surface area contributed by atoms with Gasteiger partial charge < -0.3 is 15.8 Å². The maximum atomic E-state index is 6.25. The molecule has 0 atom stereocenters. The van der Waals surface area contributed by atoms with Gasteiger partial charge in [-0.2, -0.15) is 0 Å². The number of benzene rings is 2. The first-order chi connectivity index (χ1) is 11.9. The summed E-state index contributed by atoms with van der Waals surface area (Å²) in [5.74, 6) is 1.11. The molecule has 5 heteroatoms. The lowest BCUT2D eigenvalue weighted by atomic mass is 9.84. The highest BCUT2D eigenvalue weighted by Gasteiger charge is 2.20. The average molecular weight is 358 g/mol. The van der Waals surface area contributed by atoms with Crippen molar-refractivity contribution < 1.29 is 4.74 Å². The molecular weight excluding hydrogens is 334 g/mol. The van der Waals surface area contributed by atoms with Crippen LogP contribution in [-0.2, 0) is 5.41 Å². The third-order valence-corrected chi connectivity index (χ3v) is 4.39. The molecule has 0 amide bonds. The Morgan fingerprint density at radius 1 is 1.28 bits per heavy atom. The van der Waals surface area contributed by atoms with E-state index in [4.69, 9.17) is 22.1 Å². The summed E-state index contributed by atoms with van der Waals surface area (Å²) in [6.45, 7) is 9.05. The maximum Gasteiger partial charge on any atom is 0.148 e. The molecule has 3 N–H and O–H groups in total. The Labute approximate surface area is 153 Å². The summed E-state index contributed by atoms with van der Waals surface area (Å²) < 4.78 is 5.45. The van der Waals surface area contributed by atoms with Crippen LogP contribution in [0, 0.1) is 0 Å². The van der Waals surface area contributed by atoms with Crippen molar-refractivity contribution in [2.45, 2.75) is 19.3 Å². The molecule has 25 heavy (non-hydrogen) atoms. The van der Waals surface area contributed by atoms with Crippen molar-refractivity contribution in [3.05, 3.63) is 63.5 Å². The molecule has 2 rings (SSSR count). The van der Waals surface area contributed by atoms with E-state index in [0.717, 1.165) is 5.22 Å². The van der Waals surface area contributed by atoms with E-state index in [2.05, 4.69) is 42.9 Å². The standard InChI is InChI=1S/C20H24ClN3O/c1-14-10-11-16(21)18(25-4)17(14)19(24-13-22)23-12-20(2,3)15-8-6-5-7-9-15/h5-11,13,23H,1,12H2,2-4H3,(H2,22,24)/b19-17+. The fraction of sp³-hybridized carbons (Fsp3) is 0.250. The van der Waals surface area contributed by atoms with Crippen LogP contribution in [0.4, 0.5) is 0 Å². The van der Waals surface area contributed by atoms with Gasteiger partial charge in [0, 0.05) is 12.0 Å². The van der Waals surface area contributed by atoms with E-state index in [1.807, 2.05) is 24.3 Å². The summed E-state index contributed by atoms with van der Waals surface area (Å²) in [5, 5.41) is 5.34. The van der Waals surface area contributed by atoms with Gasteiger partial charge in [0.05, 0.1) is 23.7 Å². The minimum absolute atomic E-state index is 0.107. The number of aliphatic imine (C=N–C) groups is 1. The molecule has 0 aliphatic heterocycles. The predicted molar refractivity (Wildman–Crippen MR) is 106 cm³/mol. The molecule has 0 aliphatic rings. The Kier molecular flexibility index (Phi) is 6.10. The molecular formula is C20H24ClN3O. The Hall–Kier alpha value is -2.46. The van der Waals surface area contributed by atoms with Gasteiger partial charge in [0.25, 0.3) is 0 Å². The maximum absolute atomic E-state index is 6.25. The van der Waals surface area contributed by atoms with Gasteiger partial charge >= 0.3 is 0 Å². The van der Waals surface area contributed by atoms with Crippen LogP contribution in [0.25, 0.3) is 12.4 Å².